The number of carbonyl (C=O) groups excluding carboxylic acids is 1. The maximum atomic E-state index is 12.0. The lowest BCUT2D eigenvalue weighted by Crippen LogP contribution is -2.31. The van der Waals surface area contributed by atoms with Crippen molar-refractivity contribution < 1.29 is 19.4 Å². The van der Waals surface area contributed by atoms with Crippen LogP contribution in [0.2, 0.25) is 0 Å². The van der Waals surface area contributed by atoms with Gasteiger partial charge in [-0.05, 0) is 31.0 Å². The van der Waals surface area contributed by atoms with Crippen molar-refractivity contribution in [3.05, 3.63) is 29.8 Å². The second-order valence-electron chi connectivity index (χ2n) is 4.67. The van der Waals surface area contributed by atoms with E-state index >= 15 is 0 Å². The second kappa shape index (κ2) is 6.91. The van der Waals surface area contributed by atoms with E-state index in [-0.39, 0.29) is 18.6 Å². The summed E-state index contributed by atoms with van der Waals surface area (Å²) in [7, 11) is 0. The Balaban J connectivity index is 1.88. The highest BCUT2D eigenvalue weighted by atomic mass is 16.5. The van der Waals surface area contributed by atoms with Crippen LogP contribution in [-0.4, -0.2) is 42.8 Å². The number of ether oxygens (including phenoxy) is 1. The summed E-state index contributed by atoms with van der Waals surface area (Å²) in [4.78, 5) is 22.5. The van der Waals surface area contributed by atoms with Crippen LogP contribution < -0.4 is 10.6 Å². The van der Waals surface area contributed by atoms with Gasteiger partial charge in [-0.3, -0.25) is 9.59 Å². The van der Waals surface area contributed by atoms with E-state index in [1.165, 1.54) is 0 Å². The molecule has 1 fully saturated rings. The topological polar surface area (TPSA) is 87.7 Å². The van der Waals surface area contributed by atoms with E-state index in [1.54, 1.807) is 24.3 Å². The molecule has 1 aliphatic heterocycles. The predicted molar refractivity (Wildman–Crippen MR) is 73.9 cm³/mol. The van der Waals surface area contributed by atoms with E-state index in [4.69, 9.17) is 9.84 Å². The van der Waals surface area contributed by atoms with E-state index in [9.17, 15) is 9.59 Å². The largest absolute Gasteiger partial charge is 0.480 e. The van der Waals surface area contributed by atoms with Crippen molar-refractivity contribution in [2.24, 2.45) is 0 Å². The van der Waals surface area contributed by atoms with Crippen LogP contribution in [-0.2, 0) is 9.53 Å². The molecule has 0 saturated carbocycles. The summed E-state index contributed by atoms with van der Waals surface area (Å²) in [5.41, 5.74) is 1.11. The lowest BCUT2D eigenvalue weighted by Gasteiger charge is -2.11. The molecule has 1 aliphatic rings. The molecule has 6 heteroatoms. The number of anilines is 1. The minimum Gasteiger partial charge on any atom is -0.480 e. The summed E-state index contributed by atoms with van der Waals surface area (Å²) in [6, 6.07) is 6.76. The third kappa shape index (κ3) is 4.24. The quantitative estimate of drug-likeness (QED) is 0.725. The summed E-state index contributed by atoms with van der Waals surface area (Å²) in [6.07, 6.45) is 2.11. The number of carbonyl (C=O) groups is 2. The third-order valence-electron chi connectivity index (χ3n) is 3.08. The first kappa shape index (κ1) is 14.3. The van der Waals surface area contributed by atoms with Crippen molar-refractivity contribution in [2.45, 2.75) is 18.9 Å². The van der Waals surface area contributed by atoms with Gasteiger partial charge in [0.25, 0.3) is 5.91 Å². The van der Waals surface area contributed by atoms with Gasteiger partial charge in [-0.15, -0.1) is 0 Å². The molecule has 0 spiro atoms. The Kier molecular flexibility index (Phi) is 4.95. The van der Waals surface area contributed by atoms with Crippen LogP contribution in [0.1, 0.15) is 23.2 Å². The fourth-order valence-electron chi connectivity index (χ4n) is 2.06. The highest BCUT2D eigenvalue weighted by molar-refractivity contribution is 5.95. The number of nitrogens with one attached hydrogen (secondary N) is 2. The van der Waals surface area contributed by atoms with Gasteiger partial charge < -0.3 is 20.5 Å². The Morgan fingerprint density at radius 1 is 1.40 bits per heavy atom. The fourth-order valence-corrected chi connectivity index (χ4v) is 2.06. The standard InChI is InChI=1S/C14H18N2O4/c17-13(18)9-15-11-4-1-3-10(7-11)14(19)16-8-12-5-2-6-20-12/h1,3-4,7,12,15H,2,5-6,8-9H2,(H,16,19)(H,17,18)/t12-/m1/s1. The molecule has 1 atom stereocenters. The minimum atomic E-state index is -0.946. The minimum absolute atomic E-state index is 0.104. The molecular formula is C14H18N2O4. The molecule has 1 heterocycles. The van der Waals surface area contributed by atoms with Gasteiger partial charge in [-0.2, -0.15) is 0 Å². The number of amides is 1. The molecule has 0 aliphatic carbocycles. The zero-order valence-electron chi connectivity index (χ0n) is 11.1. The zero-order chi connectivity index (χ0) is 14.4. The molecule has 1 amide bonds. The van der Waals surface area contributed by atoms with Crippen LogP contribution in [0.3, 0.4) is 0 Å². The number of benzene rings is 1. The lowest BCUT2D eigenvalue weighted by molar-refractivity contribution is -0.134. The first-order valence-corrected chi connectivity index (χ1v) is 6.60. The average Bonchev–Trinajstić information content (AvgIpc) is 2.96. The summed E-state index contributed by atoms with van der Waals surface area (Å²) in [5, 5.41) is 14.2. The van der Waals surface area contributed by atoms with Crippen molar-refractivity contribution in [3.63, 3.8) is 0 Å². The van der Waals surface area contributed by atoms with Crippen molar-refractivity contribution in [1.29, 1.82) is 0 Å². The number of rotatable bonds is 6. The maximum Gasteiger partial charge on any atom is 0.322 e. The first-order valence-electron chi connectivity index (χ1n) is 6.60. The summed E-state index contributed by atoms with van der Waals surface area (Å²) < 4.78 is 5.44. The Morgan fingerprint density at radius 3 is 2.95 bits per heavy atom. The van der Waals surface area contributed by atoms with Crippen LogP contribution in [0, 0.1) is 0 Å². The van der Waals surface area contributed by atoms with Crippen LogP contribution in [0.15, 0.2) is 24.3 Å². The fraction of sp³-hybridized carbons (Fsp3) is 0.429. The van der Waals surface area contributed by atoms with Crippen molar-refractivity contribution >= 4 is 17.6 Å². The normalized spacial score (nSPS) is 17.7. The molecule has 1 aromatic rings. The molecule has 0 bridgehead atoms. The highest BCUT2D eigenvalue weighted by Gasteiger charge is 2.16. The third-order valence-corrected chi connectivity index (χ3v) is 3.08. The second-order valence-corrected chi connectivity index (χ2v) is 4.67. The molecule has 108 valence electrons. The van der Waals surface area contributed by atoms with Gasteiger partial charge in [0.1, 0.15) is 6.54 Å². The number of aliphatic carboxylic acids is 1. The van der Waals surface area contributed by atoms with Crippen LogP contribution in [0.4, 0.5) is 5.69 Å². The number of carboxylic acid groups (broad SMARTS) is 1. The Labute approximate surface area is 117 Å². The molecule has 2 rings (SSSR count). The van der Waals surface area contributed by atoms with Crippen LogP contribution >= 0.6 is 0 Å². The van der Waals surface area contributed by atoms with Gasteiger partial charge in [0.2, 0.25) is 0 Å². The Bertz CT molecular complexity index is 484. The molecular weight excluding hydrogens is 260 g/mol. The van der Waals surface area contributed by atoms with Gasteiger partial charge in [0.15, 0.2) is 0 Å². The van der Waals surface area contributed by atoms with Gasteiger partial charge in [0.05, 0.1) is 6.10 Å². The van der Waals surface area contributed by atoms with Crippen molar-refractivity contribution in [1.82, 2.24) is 5.32 Å². The molecule has 0 radical (unpaired) electrons. The van der Waals surface area contributed by atoms with E-state index < -0.39 is 5.97 Å². The smallest absolute Gasteiger partial charge is 0.322 e. The van der Waals surface area contributed by atoms with Crippen LogP contribution in [0.25, 0.3) is 0 Å². The summed E-state index contributed by atoms with van der Waals surface area (Å²) in [5.74, 6) is -1.13. The van der Waals surface area contributed by atoms with E-state index in [0.29, 0.717) is 17.8 Å². The molecule has 1 aromatic carbocycles. The monoisotopic (exact) mass is 278 g/mol. The van der Waals surface area contributed by atoms with Crippen LogP contribution in [0.5, 0.6) is 0 Å². The van der Waals surface area contributed by atoms with E-state index in [1.807, 2.05) is 0 Å². The van der Waals surface area contributed by atoms with Crippen molar-refractivity contribution in [3.8, 4) is 0 Å². The van der Waals surface area contributed by atoms with Gasteiger partial charge in [-0.1, -0.05) is 6.07 Å². The first-order chi connectivity index (χ1) is 9.65. The van der Waals surface area contributed by atoms with E-state index in [2.05, 4.69) is 10.6 Å². The molecule has 20 heavy (non-hydrogen) atoms. The number of hydrogen-bond donors (Lipinski definition) is 3. The zero-order valence-corrected chi connectivity index (χ0v) is 11.1. The summed E-state index contributed by atoms with van der Waals surface area (Å²) in [6.45, 7) is 1.09. The Hall–Kier alpha value is -2.08. The number of hydrogen-bond acceptors (Lipinski definition) is 4. The number of carboxylic acids is 1. The van der Waals surface area contributed by atoms with E-state index in [0.717, 1.165) is 19.4 Å². The Morgan fingerprint density at radius 2 is 2.25 bits per heavy atom. The molecule has 6 nitrogen and oxygen atoms in total. The molecule has 0 aromatic heterocycles. The average molecular weight is 278 g/mol. The maximum absolute atomic E-state index is 12.0. The lowest BCUT2D eigenvalue weighted by atomic mass is 10.1. The van der Waals surface area contributed by atoms with Gasteiger partial charge in [-0.25, -0.2) is 0 Å². The highest BCUT2D eigenvalue weighted by Crippen LogP contribution is 2.12. The molecule has 1 saturated heterocycles. The molecule has 3 N–H and O–H groups in total. The molecule has 0 unspecified atom stereocenters. The summed E-state index contributed by atoms with van der Waals surface area (Å²) >= 11 is 0. The SMILES string of the molecule is O=C(O)CNc1cccc(C(=O)NC[C@H]2CCCO2)c1. The van der Waals surface area contributed by atoms with Crippen molar-refractivity contribution in [2.75, 3.05) is 25.0 Å². The van der Waals surface area contributed by atoms with Gasteiger partial charge in [0, 0.05) is 24.4 Å². The van der Waals surface area contributed by atoms with Gasteiger partial charge >= 0.3 is 5.97 Å². The predicted octanol–water partition coefficient (Wildman–Crippen LogP) is 1.09.